The van der Waals surface area contributed by atoms with Gasteiger partial charge in [0.2, 0.25) is 10.0 Å². The summed E-state index contributed by atoms with van der Waals surface area (Å²) in [7, 11) is -3.50. The summed E-state index contributed by atoms with van der Waals surface area (Å²) in [4.78, 5) is 0.240. The van der Waals surface area contributed by atoms with Gasteiger partial charge in [0.25, 0.3) is 0 Å². The van der Waals surface area contributed by atoms with Crippen LogP contribution < -0.4 is 10.5 Å². The predicted molar refractivity (Wildman–Crippen MR) is 72.8 cm³/mol. The van der Waals surface area contributed by atoms with E-state index in [4.69, 9.17) is 5.73 Å². The zero-order chi connectivity index (χ0) is 13.5. The minimum Gasteiger partial charge on any atom is -0.397 e. The molecule has 3 N–H and O–H groups in total. The summed E-state index contributed by atoms with van der Waals surface area (Å²) in [6, 6.07) is 3.72. The summed E-state index contributed by atoms with van der Waals surface area (Å²) in [5.41, 5.74) is 7.76. The maximum atomic E-state index is 12.3. The van der Waals surface area contributed by atoms with Crippen LogP contribution in [0.25, 0.3) is 0 Å². The van der Waals surface area contributed by atoms with Gasteiger partial charge < -0.3 is 5.73 Å². The molecule has 1 aliphatic carbocycles. The van der Waals surface area contributed by atoms with Crippen LogP contribution in [-0.2, 0) is 10.0 Å². The highest BCUT2D eigenvalue weighted by Gasteiger charge is 2.39. The molecule has 0 aromatic heterocycles. The standard InChI is InChI=1S/C13H20N2O2S/c1-4-10-7-11(10)15-18(16,17)13-9(3)6-5-8(2)12(13)14/h5-6,10-11,15H,4,7,14H2,1-3H3. The Morgan fingerprint density at radius 1 is 1.33 bits per heavy atom. The zero-order valence-corrected chi connectivity index (χ0v) is 11.8. The number of nitrogens with one attached hydrogen (secondary N) is 1. The minimum atomic E-state index is -3.50. The number of aryl methyl sites for hydroxylation is 2. The van der Waals surface area contributed by atoms with Gasteiger partial charge in [-0.1, -0.05) is 25.5 Å². The maximum absolute atomic E-state index is 12.3. The maximum Gasteiger partial charge on any atom is 0.243 e. The van der Waals surface area contributed by atoms with Crippen molar-refractivity contribution < 1.29 is 8.42 Å². The van der Waals surface area contributed by atoms with Crippen LogP contribution in [0.15, 0.2) is 17.0 Å². The summed E-state index contributed by atoms with van der Waals surface area (Å²) in [6.07, 6.45) is 1.94. The Labute approximate surface area is 109 Å². The molecule has 1 saturated carbocycles. The molecule has 0 saturated heterocycles. The topological polar surface area (TPSA) is 72.2 Å². The average molecular weight is 268 g/mol. The summed E-state index contributed by atoms with van der Waals surface area (Å²) in [6.45, 7) is 5.67. The highest BCUT2D eigenvalue weighted by molar-refractivity contribution is 7.89. The van der Waals surface area contributed by atoms with Crippen LogP contribution in [0.3, 0.4) is 0 Å². The molecule has 0 radical (unpaired) electrons. The third-order valence-corrected chi connectivity index (χ3v) is 5.33. The van der Waals surface area contributed by atoms with Gasteiger partial charge in [0.05, 0.1) is 5.69 Å². The fraction of sp³-hybridized carbons (Fsp3) is 0.538. The Morgan fingerprint density at radius 2 is 1.94 bits per heavy atom. The Bertz CT molecular complexity index is 567. The van der Waals surface area contributed by atoms with Crippen molar-refractivity contribution in [2.75, 3.05) is 5.73 Å². The van der Waals surface area contributed by atoms with Gasteiger partial charge in [0, 0.05) is 6.04 Å². The molecule has 1 aromatic rings. The van der Waals surface area contributed by atoms with Crippen molar-refractivity contribution in [3.8, 4) is 0 Å². The second-order valence-electron chi connectivity index (χ2n) is 5.07. The van der Waals surface area contributed by atoms with E-state index in [1.54, 1.807) is 13.0 Å². The number of nitrogen functional groups attached to an aromatic ring is 1. The normalized spacial score (nSPS) is 23.1. The van der Waals surface area contributed by atoms with Crippen molar-refractivity contribution >= 4 is 15.7 Å². The van der Waals surface area contributed by atoms with Crippen molar-refractivity contribution in [3.63, 3.8) is 0 Å². The molecular weight excluding hydrogens is 248 g/mol. The first-order valence-corrected chi connectivity index (χ1v) is 7.73. The molecule has 5 heteroatoms. The largest absolute Gasteiger partial charge is 0.397 e. The number of sulfonamides is 1. The van der Waals surface area contributed by atoms with Gasteiger partial charge in [-0.15, -0.1) is 0 Å². The molecule has 18 heavy (non-hydrogen) atoms. The summed E-state index contributed by atoms with van der Waals surface area (Å²) in [5.74, 6) is 0.478. The van der Waals surface area contributed by atoms with E-state index in [-0.39, 0.29) is 10.9 Å². The van der Waals surface area contributed by atoms with Gasteiger partial charge in [0.15, 0.2) is 0 Å². The first kappa shape index (κ1) is 13.4. The first-order chi connectivity index (χ1) is 8.36. The molecule has 2 rings (SSSR count). The van der Waals surface area contributed by atoms with Crippen LogP contribution in [0, 0.1) is 19.8 Å². The van der Waals surface area contributed by atoms with Crippen molar-refractivity contribution in [2.45, 2.75) is 44.6 Å². The number of hydrogen-bond donors (Lipinski definition) is 2. The van der Waals surface area contributed by atoms with E-state index in [1.165, 1.54) is 0 Å². The summed E-state index contributed by atoms with van der Waals surface area (Å²) >= 11 is 0. The first-order valence-electron chi connectivity index (χ1n) is 6.24. The highest BCUT2D eigenvalue weighted by Crippen LogP contribution is 2.35. The van der Waals surface area contributed by atoms with Crippen molar-refractivity contribution in [2.24, 2.45) is 5.92 Å². The molecule has 2 atom stereocenters. The van der Waals surface area contributed by atoms with Gasteiger partial charge in [0.1, 0.15) is 4.90 Å². The molecule has 4 nitrogen and oxygen atoms in total. The van der Waals surface area contributed by atoms with Crippen molar-refractivity contribution in [3.05, 3.63) is 23.3 Å². The number of rotatable bonds is 4. The molecule has 0 heterocycles. The van der Waals surface area contributed by atoms with Gasteiger partial charge in [-0.25, -0.2) is 13.1 Å². The number of hydrogen-bond acceptors (Lipinski definition) is 3. The van der Waals surface area contributed by atoms with E-state index in [2.05, 4.69) is 11.6 Å². The van der Waals surface area contributed by atoms with Gasteiger partial charge in [-0.05, 0) is 37.3 Å². The second-order valence-corrected chi connectivity index (χ2v) is 6.72. The van der Waals surface area contributed by atoms with Crippen molar-refractivity contribution in [1.29, 1.82) is 0 Å². The van der Waals surface area contributed by atoms with E-state index < -0.39 is 10.0 Å². The Kier molecular flexibility index (Phi) is 3.38. The van der Waals surface area contributed by atoms with Crippen LogP contribution in [0.5, 0.6) is 0 Å². The Morgan fingerprint density at radius 3 is 2.50 bits per heavy atom. The van der Waals surface area contributed by atoms with Gasteiger partial charge >= 0.3 is 0 Å². The molecule has 0 bridgehead atoms. The minimum absolute atomic E-state index is 0.0827. The number of benzene rings is 1. The fourth-order valence-electron chi connectivity index (χ4n) is 2.26. The monoisotopic (exact) mass is 268 g/mol. The molecule has 1 aromatic carbocycles. The molecule has 2 unspecified atom stereocenters. The highest BCUT2D eigenvalue weighted by atomic mass is 32.2. The average Bonchev–Trinajstić information content (AvgIpc) is 3.01. The quantitative estimate of drug-likeness (QED) is 0.820. The van der Waals surface area contributed by atoms with Crippen molar-refractivity contribution in [1.82, 2.24) is 4.72 Å². The summed E-state index contributed by atoms with van der Waals surface area (Å²) in [5, 5.41) is 0. The number of anilines is 1. The van der Waals surface area contributed by atoms with Crippen LogP contribution in [0.1, 0.15) is 30.9 Å². The lowest BCUT2D eigenvalue weighted by molar-refractivity contribution is 0.575. The Hall–Kier alpha value is -1.07. The fourth-order valence-corrected chi connectivity index (χ4v) is 4.01. The predicted octanol–water partition coefficient (Wildman–Crippen LogP) is 1.96. The molecule has 1 fully saturated rings. The van der Waals surface area contributed by atoms with Crippen LogP contribution >= 0.6 is 0 Å². The van der Waals surface area contributed by atoms with Gasteiger partial charge in [-0.2, -0.15) is 0 Å². The van der Waals surface area contributed by atoms with Crippen LogP contribution in [0.2, 0.25) is 0 Å². The third kappa shape index (κ3) is 2.37. The van der Waals surface area contributed by atoms with Crippen LogP contribution in [-0.4, -0.2) is 14.5 Å². The van der Waals surface area contributed by atoms with E-state index >= 15 is 0 Å². The lowest BCUT2D eigenvalue weighted by Gasteiger charge is -2.13. The molecule has 0 amide bonds. The smallest absolute Gasteiger partial charge is 0.243 e. The molecule has 0 aliphatic heterocycles. The lowest BCUT2D eigenvalue weighted by atomic mass is 10.1. The van der Waals surface area contributed by atoms with E-state index in [0.29, 0.717) is 17.2 Å². The van der Waals surface area contributed by atoms with E-state index in [0.717, 1.165) is 18.4 Å². The molecular formula is C13H20N2O2S. The molecule has 100 valence electrons. The van der Waals surface area contributed by atoms with Crippen LogP contribution in [0.4, 0.5) is 5.69 Å². The SMILES string of the molecule is CCC1CC1NS(=O)(=O)c1c(C)ccc(C)c1N. The summed E-state index contributed by atoms with van der Waals surface area (Å²) < 4.78 is 27.4. The van der Waals surface area contributed by atoms with E-state index in [9.17, 15) is 8.42 Å². The Balaban J connectivity index is 2.33. The second kappa shape index (κ2) is 4.55. The lowest BCUT2D eigenvalue weighted by Crippen LogP contribution is -2.28. The van der Waals surface area contributed by atoms with E-state index in [1.807, 2.05) is 13.0 Å². The zero-order valence-electron chi connectivity index (χ0n) is 11.0. The molecule has 1 aliphatic rings. The third-order valence-electron chi connectivity index (χ3n) is 3.63. The number of nitrogens with two attached hydrogens (primary N) is 1. The molecule has 0 spiro atoms. The van der Waals surface area contributed by atoms with Gasteiger partial charge in [-0.3, -0.25) is 0 Å².